The molecule has 0 spiro atoms. The Morgan fingerprint density at radius 2 is 2.00 bits per heavy atom. The molecule has 2 N–H and O–H groups in total. The summed E-state index contributed by atoms with van der Waals surface area (Å²) >= 11 is 0. The van der Waals surface area contributed by atoms with Gasteiger partial charge in [0.2, 0.25) is 0 Å². The number of aliphatic hydroxyl groups is 2. The molecule has 3 unspecified atom stereocenters. The molecule has 3 nitrogen and oxygen atoms in total. The maximum Gasteiger partial charge on any atom is 0.124 e. The van der Waals surface area contributed by atoms with Crippen LogP contribution in [0.4, 0.5) is 0 Å². The predicted octanol–water partition coefficient (Wildman–Crippen LogP) is -0.237. The Morgan fingerprint density at radius 1 is 1.50 bits per heavy atom. The van der Waals surface area contributed by atoms with Crippen molar-refractivity contribution in [1.29, 1.82) is 0 Å². The minimum atomic E-state index is -0.991. The van der Waals surface area contributed by atoms with E-state index in [0.717, 1.165) is 0 Å². The van der Waals surface area contributed by atoms with Crippen molar-refractivity contribution in [2.45, 2.75) is 31.7 Å². The molecule has 0 aromatic carbocycles. The molecule has 0 bridgehead atoms. The molecule has 0 amide bonds. The lowest BCUT2D eigenvalue weighted by Crippen LogP contribution is -2.24. The Balaban J connectivity index is 2.58. The van der Waals surface area contributed by atoms with E-state index in [1.165, 1.54) is 7.11 Å². The van der Waals surface area contributed by atoms with Crippen molar-refractivity contribution in [3.05, 3.63) is 0 Å². The minimum Gasteiger partial charge on any atom is -0.387 e. The van der Waals surface area contributed by atoms with Gasteiger partial charge in [0.15, 0.2) is 0 Å². The maximum absolute atomic E-state index is 9.56. The number of methoxy groups -OCH3 is 1. The zero-order valence-corrected chi connectivity index (χ0v) is 6.53. The van der Waals surface area contributed by atoms with Gasteiger partial charge in [-0.15, -0.1) is 0 Å². The Hall–Kier alpha value is -0.120. The second-order valence-electron chi connectivity index (χ2n) is 3.14. The van der Waals surface area contributed by atoms with Gasteiger partial charge in [0.05, 0.1) is 0 Å². The van der Waals surface area contributed by atoms with Crippen LogP contribution in [0.5, 0.6) is 0 Å². The third-order valence-electron chi connectivity index (χ3n) is 2.29. The summed E-state index contributed by atoms with van der Waals surface area (Å²) in [6.45, 7) is 3.73. The first-order valence-corrected chi connectivity index (χ1v) is 3.48. The van der Waals surface area contributed by atoms with Crippen LogP contribution in [-0.4, -0.2) is 35.1 Å². The minimum absolute atomic E-state index is 0.0486. The van der Waals surface area contributed by atoms with Crippen molar-refractivity contribution < 1.29 is 14.9 Å². The molecule has 1 saturated carbocycles. The average Bonchev–Trinajstić information content (AvgIpc) is 2.38. The first-order valence-electron chi connectivity index (χ1n) is 3.48. The Labute approximate surface area is 60.6 Å². The van der Waals surface area contributed by atoms with Gasteiger partial charge in [-0.2, -0.15) is 0 Å². The highest BCUT2D eigenvalue weighted by molar-refractivity contribution is 5.17. The van der Waals surface area contributed by atoms with Gasteiger partial charge in [-0.1, -0.05) is 13.8 Å². The average molecular weight is 146 g/mol. The summed E-state index contributed by atoms with van der Waals surface area (Å²) < 4.78 is 4.85. The number of hydrogen-bond donors (Lipinski definition) is 2. The fourth-order valence-corrected chi connectivity index (χ4v) is 1.33. The summed E-state index contributed by atoms with van der Waals surface area (Å²) in [4.78, 5) is 0. The van der Waals surface area contributed by atoms with Gasteiger partial charge in [-0.05, 0) is 5.92 Å². The van der Waals surface area contributed by atoms with E-state index in [9.17, 15) is 5.11 Å². The van der Waals surface area contributed by atoms with Gasteiger partial charge in [-0.3, -0.25) is 0 Å². The van der Waals surface area contributed by atoms with Crippen LogP contribution >= 0.6 is 0 Å². The second kappa shape index (κ2) is 2.19. The standard InChI is InChI=1S/C7H14O3/c1-4(2)7(9)5(8)6(7)10-3/h4-6,8-9H,1-3H3. The molecule has 0 aromatic heterocycles. The fourth-order valence-electron chi connectivity index (χ4n) is 1.33. The molecule has 3 heteroatoms. The molecule has 0 radical (unpaired) electrons. The van der Waals surface area contributed by atoms with E-state index in [0.29, 0.717) is 0 Å². The SMILES string of the molecule is COC1C(O)C1(O)C(C)C. The zero-order chi connectivity index (χ0) is 7.94. The van der Waals surface area contributed by atoms with Crippen LogP contribution in [0.25, 0.3) is 0 Å². The molecule has 1 aliphatic carbocycles. The highest BCUT2D eigenvalue weighted by atomic mass is 16.5. The molecule has 0 saturated heterocycles. The Kier molecular flexibility index (Phi) is 1.75. The zero-order valence-electron chi connectivity index (χ0n) is 6.53. The summed E-state index contributed by atoms with van der Waals surface area (Å²) in [7, 11) is 1.49. The van der Waals surface area contributed by atoms with Gasteiger partial charge in [0.25, 0.3) is 0 Å². The molecule has 0 aromatic rings. The summed E-state index contributed by atoms with van der Waals surface area (Å²) in [6.07, 6.45) is -1.08. The van der Waals surface area contributed by atoms with Gasteiger partial charge < -0.3 is 14.9 Å². The summed E-state index contributed by atoms with van der Waals surface area (Å²) in [5.74, 6) is 0.0486. The van der Waals surface area contributed by atoms with Gasteiger partial charge >= 0.3 is 0 Å². The Morgan fingerprint density at radius 3 is 2.10 bits per heavy atom. The van der Waals surface area contributed by atoms with Crippen molar-refractivity contribution in [2.24, 2.45) is 5.92 Å². The molecule has 0 heterocycles. The van der Waals surface area contributed by atoms with E-state index in [1.807, 2.05) is 13.8 Å². The normalized spacial score (nSPS) is 46.2. The number of aliphatic hydroxyl groups excluding tert-OH is 1. The molecule has 3 atom stereocenters. The molecular formula is C7H14O3. The van der Waals surface area contributed by atoms with Crippen molar-refractivity contribution >= 4 is 0 Å². The van der Waals surface area contributed by atoms with Crippen LogP contribution < -0.4 is 0 Å². The topological polar surface area (TPSA) is 49.7 Å². The fraction of sp³-hybridized carbons (Fsp3) is 1.00. The predicted molar refractivity (Wildman–Crippen MR) is 36.6 cm³/mol. The van der Waals surface area contributed by atoms with Gasteiger partial charge in [-0.25, -0.2) is 0 Å². The monoisotopic (exact) mass is 146 g/mol. The van der Waals surface area contributed by atoms with Crippen LogP contribution in [0, 0.1) is 5.92 Å². The van der Waals surface area contributed by atoms with Crippen LogP contribution in [0.2, 0.25) is 0 Å². The van der Waals surface area contributed by atoms with E-state index in [-0.39, 0.29) is 12.0 Å². The maximum atomic E-state index is 9.56. The molecule has 10 heavy (non-hydrogen) atoms. The van der Waals surface area contributed by atoms with Crippen LogP contribution in [0.15, 0.2) is 0 Å². The lowest BCUT2D eigenvalue weighted by molar-refractivity contribution is 0.0193. The third kappa shape index (κ3) is 0.779. The van der Waals surface area contributed by atoms with Crippen molar-refractivity contribution in [3.63, 3.8) is 0 Å². The lowest BCUT2D eigenvalue weighted by Gasteiger charge is -2.12. The molecule has 0 aliphatic heterocycles. The van der Waals surface area contributed by atoms with Crippen LogP contribution in [0.1, 0.15) is 13.8 Å². The molecule has 60 valence electrons. The summed E-state index contributed by atoms with van der Waals surface area (Å²) in [6, 6.07) is 0. The lowest BCUT2D eigenvalue weighted by atomic mass is 10.1. The summed E-state index contributed by atoms with van der Waals surface area (Å²) in [5, 5.41) is 18.7. The first kappa shape index (κ1) is 7.98. The second-order valence-corrected chi connectivity index (χ2v) is 3.14. The van der Waals surface area contributed by atoms with Gasteiger partial charge in [0.1, 0.15) is 17.8 Å². The smallest absolute Gasteiger partial charge is 0.124 e. The summed E-state index contributed by atoms with van der Waals surface area (Å²) in [5.41, 5.74) is -0.991. The molecular weight excluding hydrogens is 132 g/mol. The highest BCUT2D eigenvalue weighted by Crippen LogP contribution is 2.44. The van der Waals surface area contributed by atoms with Gasteiger partial charge in [0, 0.05) is 7.11 Å². The first-order chi connectivity index (χ1) is 4.55. The number of rotatable bonds is 2. The quantitative estimate of drug-likeness (QED) is 0.565. The Bertz CT molecular complexity index is 135. The van der Waals surface area contributed by atoms with Crippen molar-refractivity contribution in [2.75, 3.05) is 7.11 Å². The van der Waals surface area contributed by atoms with E-state index < -0.39 is 11.7 Å². The number of ether oxygens (including phenoxy) is 1. The van der Waals surface area contributed by atoms with Crippen LogP contribution in [0.3, 0.4) is 0 Å². The third-order valence-corrected chi connectivity index (χ3v) is 2.29. The molecule has 1 fully saturated rings. The van der Waals surface area contributed by atoms with E-state index in [1.54, 1.807) is 0 Å². The van der Waals surface area contributed by atoms with E-state index in [4.69, 9.17) is 9.84 Å². The number of hydrogen-bond acceptors (Lipinski definition) is 3. The molecule has 1 aliphatic rings. The van der Waals surface area contributed by atoms with Crippen LogP contribution in [-0.2, 0) is 4.74 Å². The van der Waals surface area contributed by atoms with E-state index >= 15 is 0 Å². The van der Waals surface area contributed by atoms with Crippen molar-refractivity contribution in [1.82, 2.24) is 0 Å². The largest absolute Gasteiger partial charge is 0.387 e. The van der Waals surface area contributed by atoms with E-state index in [2.05, 4.69) is 0 Å². The van der Waals surface area contributed by atoms with Crippen molar-refractivity contribution in [3.8, 4) is 0 Å². The highest BCUT2D eigenvalue weighted by Gasteiger charge is 2.66. The molecule has 1 rings (SSSR count).